The van der Waals surface area contributed by atoms with Crippen LogP contribution in [0.4, 0.5) is 0 Å². The Balaban J connectivity index is 2.11. The first-order valence-corrected chi connectivity index (χ1v) is 8.58. The standard InChI is InChI=1S/C13H8BrI2N3O/c14-9-3-1-8(2-4-9)5-10-7-18-11(6-17-13(18)15)12(20)19(10)16/h1-4,6-7H,5H2. The molecule has 0 amide bonds. The molecule has 0 saturated carbocycles. The van der Waals surface area contributed by atoms with E-state index >= 15 is 0 Å². The van der Waals surface area contributed by atoms with Crippen LogP contribution in [0.15, 0.2) is 45.9 Å². The third-order valence-electron chi connectivity index (χ3n) is 2.98. The summed E-state index contributed by atoms with van der Waals surface area (Å²) in [7, 11) is 0. The molecular formula is C13H8BrI2N3O. The molecular weight excluding hydrogens is 548 g/mol. The van der Waals surface area contributed by atoms with E-state index in [9.17, 15) is 4.79 Å². The average molecular weight is 556 g/mol. The summed E-state index contributed by atoms with van der Waals surface area (Å²) in [6.45, 7) is 0. The van der Waals surface area contributed by atoms with Crippen LogP contribution in [0.3, 0.4) is 0 Å². The van der Waals surface area contributed by atoms with E-state index < -0.39 is 0 Å². The molecule has 20 heavy (non-hydrogen) atoms. The first-order valence-electron chi connectivity index (χ1n) is 5.74. The highest BCUT2D eigenvalue weighted by molar-refractivity contribution is 14.1. The highest BCUT2D eigenvalue weighted by atomic mass is 127. The fourth-order valence-electron chi connectivity index (χ4n) is 1.98. The molecule has 0 saturated heterocycles. The normalized spacial score (nSPS) is 11.2. The number of aromatic nitrogens is 3. The van der Waals surface area contributed by atoms with Crippen molar-refractivity contribution in [1.29, 1.82) is 0 Å². The van der Waals surface area contributed by atoms with Gasteiger partial charge in [-0.15, -0.1) is 0 Å². The molecule has 0 aliphatic rings. The van der Waals surface area contributed by atoms with Crippen molar-refractivity contribution in [3.63, 3.8) is 0 Å². The zero-order chi connectivity index (χ0) is 14.3. The van der Waals surface area contributed by atoms with Gasteiger partial charge in [-0.2, -0.15) is 0 Å². The molecule has 0 spiro atoms. The highest BCUT2D eigenvalue weighted by Gasteiger charge is 2.11. The molecule has 0 N–H and O–H groups in total. The van der Waals surface area contributed by atoms with Gasteiger partial charge in [0.1, 0.15) is 5.52 Å². The zero-order valence-electron chi connectivity index (χ0n) is 10.1. The van der Waals surface area contributed by atoms with Crippen LogP contribution in [0.2, 0.25) is 0 Å². The van der Waals surface area contributed by atoms with Crippen LogP contribution >= 0.6 is 61.4 Å². The van der Waals surface area contributed by atoms with Gasteiger partial charge in [-0.25, -0.2) is 7.76 Å². The number of hydrogen-bond acceptors (Lipinski definition) is 2. The van der Waals surface area contributed by atoms with Crippen molar-refractivity contribution in [2.75, 3.05) is 0 Å². The lowest BCUT2D eigenvalue weighted by atomic mass is 10.1. The van der Waals surface area contributed by atoms with Crippen molar-refractivity contribution in [3.8, 4) is 0 Å². The molecule has 0 radical (unpaired) electrons. The van der Waals surface area contributed by atoms with Gasteiger partial charge in [0.15, 0.2) is 3.83 Å². The largest absolute Gasteiger partial charge is 0.288 e. The zero-order valence-corrected chi connectivity index (χ0v) is 16.0. The molecule has 102 valence electrons. The summed E-state index contributed by atoms with van der Waals surface area (Å²) in [4.78, 5) is 16.5. The summed E-state index contributed by atoms with van der Waals surface area (Å²) in [5, 5.41) is 0. The SMILES string of the molecule is O=c1c2cnc(I)n2cc(Cc2ccc(Br)cc2)n1I. The van der Waals surface area contributed by atoms with E-state index in [2.05, 4.69) is 43.5 Å². The van der Waals surface area contributed by atoms with Gasteiger partial charge in [-0.05, 0) is 17.7 Å². The molecule has 7 heteroatoms. The van der Waals surface area contributed by atoms with Crippen LogP contribution in [0.1, 0.15) is 11.3 Å². The monoisotopic (exact) mass is 555 g/mol. The maximum Gasteiger partial charge on any atom is 0.285 e. The van der Waals surface area contributed by atoms with Crippen molar-refractivity contribution in [1.82, 2.24) is 12.2 Å². The van der Waals surface area contributed by atoms with Crippen molar-refractivity contribution in [2.45, 2.75) is 6.42 Å². The van der Waals surface area contributed by atoms with Gasteiger partial charge < -0.3 is 0 Å². The van der Waals surface area contributed by atoms with E-state index in [0.717, 1.165) is 19.6 Å². The lowest BCUT2D eigenvalue weighted by Gasteiger charge is -2.08. The third-order valence-corrected chi connectivity index (χ3v) is 5.36. The summed E-state index contributed by atoms with van der Waals surface area (Å²) in [5.41, 5.74) is 2.67. The van der Waals surface area contributed by atoms with Crippen LogP contribution < -0.4 is 5.56 Å². The fraction of sp³-hybridized carbons (Fsp3) is 0.0769. The minimum absolute atomic E-state index is 0.0318. The first kappa shape index (κ1) is 14.5. The van der Waals surface area contributed by atoms with Crippen LogP contribution in [0.25, 0.3) is 5.52 Å². The van der Waals surface area contributed by atoms with Crippen LogP contribution in [0, 0.1) is 3.83 Å². The highest BCUT2D eigenvalue weighted by Crippen LogP contribution is 2.16. The maximum absolute atomic E-state index is 12.3. The molecule has 3 aromatic rings. The smallest absolute Gasteiger partial charge is 0.285 e. The Kier molecular flexibility index (Phi) is 4.18. The Morgan fingerprint density at radius 3 is 2.65 bits per heavy atom. The van der Waals surface area contributed by atoms with E-state index in [1.54, 1.807) is 8.98 Å². The summed E-state index contributed by atoms with van der Waals surface area (Å²) < 4.78 is 5.34. The number of halogens is 3. The van der Waals surface area contributed by atoms with E-state index in [-0.39, 0.29) is 5.56 Å². The summed E-state index contributed by atoms with van der Waals surface area (Å²) in [5.74, 6) is 0. The molecule has 0 atom stereocenters. The molecule has 0 bridgehead atoms. The lowest BCUT2D eigenvalue weighted by Crippen LogP contribution is -2.19. The lowest BCUT2D eigenvalue weighted by molar-refractivity contribution is 0.954. The topological polar surface area (TPSA) is 39.3 Å². The van der Waals surface area contributed by atoms with Crippen molar-refractivity contribution < 1.29 is 0 Å². The Morgan fingerprint density at radius 1 is 1.25 bits per heavy atom. The number of imidazole rings is 1. The quantitative estimate of drug-likeness (QED) is 0.453. The van der Waals surface area contributed by atoms with Gasteiger partial charge in [-0.3, -0.25) is 9.20 Å². The second-order valence-electron chi connectivity index (χ2n) is 4.29. The minimum atomic E-state index is -0.0318. The molecule has 0 unspecified atom stereocenters. The maximum atomic E-state index is 12.3. The molecule has 3 rings (SSSR count). The van der Waals surface area contributed by atoms with E-state index in [1.165, 1.54) is 0 Å². The molecule has 0 aliphatic heterocycles. The van der Waals surface area contributed by atoms with E-state index in [1.807, 2.05) is 57.7 Å². The first-order chi connectivity index (χ1) is 9.56. The van der Waals surface area contributed by atoms with Gasteiger partial charge >= 0.3 is 0 Å². The fourth-order valence-corrected chi connectivity index (χ4v) is 3.32. The molecule has 2 heterocycles. The summed E-state index contributed by atoms with van der Waals surface area (Å²) in [6, 6.07) is 8.11. The predicted molar refractivity (Wildman–Crippen MR) is 98.5 cm³/mol. The average Bonchev–Trinajstić information content (AvgIpc) is 2.80. The molecule has 4 nitrogen and oxygen atoms in total. The number of benzene rings is 1. The van der Waals surface area contributed by atoms with Gasteiger partial charge in [0.25, 0.3) is 5.56 Å². The van der Waals surface area contributed by atoms with Crippen molar-refractivity contribution in [2.24, 2.45) is 0 Å². The Morgan fingerprint density at radius 2 is 1.95 bits per heavy atom. The molecule has 1 aromatic carbocycles. The van der Waals surface area contributed by atoms with Gasteiger partial charge in [0.2, 0.25) is 0 Å². The number of hydrogen-bond donors (Lipinski definition) is 0. The Hall–Kier alpha value is -0.420. The van der Waals surface area contributed by atoms with Gasteiger partial charge in [0.05, 0.1) is 34.8 Å². The van der Waals surface area contributed by atoms with Crippen molar-refractivity contribution >= 4 is 66.9 Å². The Bertz CT molecular complexity index is 839. The van der Waals surface area contributed by atoms with Crippen LogP contribution in [-0.4, -0.2) is 12.2 Å². The van der Waals surface area contributed by atoms with Crippen LogP contribution in [-0.2, 0) is 6.42 Å². The minimum Gasteiger partial charge on any atom is -0.288 e. The number of fused-ring (bicyclic) bond motifs is 1. The van der Waals surface area contributed by atoms with Crippen molar-refractivity contribution in [3.05, 3.63) is 66.6 Å². The summed E-state index contributed by atoms with van der Waals surface area (Å²) in [6.07, 6.45) is 4.29. The van der Waals surface area contributed by atoms with Crippen LogP contribution in [0.5, 0.6) is 0 Å². The number of nitrogens with zero attached hydrogens (tertiary/aromatic N) is 3. The van der Waals surface area contributed by atoms with Gasteiger partial charge in [0, 0.05) is 39.7 Å². The van der Waals surface area contributed by atoms with Gasteiger partial charge in [-0.1, -0.05) is 28.1 Å². The second-order valence-corrected chi connectivity index (χ2v) is 7.14. The predicted octanol–water partition coefficient (Wildman–Crippen LogP) is 3.65. The molecule has 2 aromatic heterocycles. The molecule has 0 aliphatic carbocycles. The Labute approximate surface area is 151 Å². The summed E-state index contributed by atoms with van der Waals surface area (Å²) >= 11 is 7.60. The van der Waals surface area contributed by atoms with E-state index in [4.69, 9.17) is 0 Å². The second kappa shape index (κ2) is 5.76. The molecule has 0 fully saturated rings. The number of rotatable bonds is 2. The third kappa shape index (κ3) is 2.67. The van der Waals surface area contributed by atoms with E-state index in [0.29, 0.717) is 11.9 Å².